The summed E-state index contributed by atoms with van der Waals surface area (Å²) in [5.41, 5.74) is 2.01. The Morgan fingerprint density at radius 3 is 2.88 bits per heavy atom. The van der Waals surface area contributed by atoms with Crippen molar-refractivity contribution in [1.82, 2.24) is 20.4 Å². The Kier molecular flexibility index (Phi) is 5.59. The third-order valence-corrected chi connectivity index (χ3v) is 5.79. The maximum Gasteiger partial charge on any atom is 0.276 e. The van der Waals surface area contributed by atoms with Crippen LogP contribution >= 0.6 is 0 Å². The van der Waals surface area contributed by atoms with Crippen molar-refractivity contribution < 1.29 is 24.0 Å². The van der Waals surface area contributed by atoms with Crippen LogP contribution in [0.15, 0.2) is 40.9 Å². The van der Waals surface area contributed by atoms with Gasteiger partial charge < -0.3 is 24.6 Å². The Morgan fingerprint density at radius 1 is 1.22 bits per heavy atom. The highest BCUT2D eigenvalue weighted by Crippen LogP contribution is 2.40. The zero-order valence-corrected chi connectivity index (χ0v) is 17.5. The van der Waals surface area contributed by atoms with E-state index < -0.39 is 6.10 Å². The molecule has 2 aliphatic rings. The lowest BCUT2D eigenvalue weighted by Crippen LogP contribution is -2.42. The van der Waals surface area contributed by atoms with Crippen LogP contribution in [0.2, 0.25) is 0 Å². The van der Waals surface area contributed by atoms with Crippen LogP contribution in [-0.2, 0) is 4.74 Å². The van der Waals surface area contributed by atoms with Crippen molar-refractivity contribution in [2.24, 2.45) is 0 Å². The Balaban J connectivity index is 1.40. The van der Waals surface area contributed by atoms with E-state index in [0.29, 0.717) is 53.5 Å². The standard InChI is InChI=1S/C23H24N4O5/c28-9-7-24-22(29)16-11-18(25-17-4-2-1-3-15(16)17)21-13-27(8-10-31-21)23(30)19-12-20(32-26-19)14-5-6-14/h1-4,11-12,14,21,28H,5-10,13H2,(H,24,29)/t21-/m0/s1. The predicted octanol–water partition coefficient (Wildman–Crippen LogP) is 2.04. The Morgan fingerprint density at radius 2 is 2.06 bits per heavy atom. The average molecular weight is 436 g/mol. The van der Waals surface area contributed by atoms with Crippen molar-refractivity contribution in [3.63, 3.8) is 0 Å². The Labute approximate surface area is 184 Å². The van der Waals surface area contributed by atoms with Crippen molar-refractivity contribution in [2.75, 3.05) is 32.8 Å². The fourth-order valence-electron chi connectivity index (χ4n) is 3.94. The average Bonchev–Trinajstić information content (AvgIpc) is 3.57. The van der Waals surface area contributed by atoms with Gasteiger partial charge in [-0.25, -0.2) is 4.98 Å². The molecule has 166 valence electrons. The molecule has 5 rings (SSSR count). The van der Waals surface area contributed by atoms with Gasteiger partial charge in [0.2, 0.25) is 0 Å². The van der Waals surface area contributed by atoms with Crippen LogP contribution in [0.5, 0.6) is 0 Å². The van der Waals surface area contributed by atoms with Crippen molar-refractivity contribution in [3.8, 4) is 0 Å². The van der Waals surface area contributed by atoms with Gasteiger partial charge in [-0.2, -0.15) is 0 Å². The number of rotatable bonds is 6. The van der Waals surface area contributed by atoms with Gasteiger partial charge in [0.1, 0.15) is 11.9 Å². The number of nitrogens with zero attached hydrogens (tertiary/aromatic N) is 3. The van der Waals surface area contributed by atoms with E-state index in [-0.39, 0.29) is 25.0 Å². The molecule has 3 heterocycles. The molecule has 0 spiro atoms. The first kappa shape index (κ1) is 20.6. The number of morpholine rings is 1. The summed E-state index contributed by atoms with van der Waals surface area (Å²) in [7, 11) is 0. The quantitative estimate of drug-likeness (QED) is 0.607. The number of amides is 2. The number of ether oxygens (including phenoxy) is 1. The molecule has 9 heteroatoms. The molecule has 9 nitrogen and oxygen atoms in total. The number of pyridine rings is 1. The second kappa shape index (κ2) is 8.68. The zero-order chi connectivity index (χ0) is 22.1. The summed E-state index contributed by atoms with van der Waals surface area (Å²) in [6, 6.07) is 10.8. The van der Waals surface area contributed by atoms with E-state index in [1.807, 2.05) is 24.3 Å². The van der Waals surface area contributed by atoms with E-state index in [1.165, 1.54) is 0 Å². The highest BCUT2D eigenvalue weighted by atomic mass is 16.5. The van der Waals surface area contributed by atoms with E-state index >= 15 is 0 Å². The number of aromatic nitrogens is 2. The lowest BCUT2D eigenvalue weighted by Gasteiger charge is -2.32. The van der Waals surface area contributed by atoms with Crippen LogP contribution in [0.1, 0.15) is 57.2 Å². The van der Waals surface area contributed by atoms with Crippen LogP contribution in [0, 0.1) is 0 Å². The SMILES string of the molecule is O=C(NCCO)c1cc([C@@H]2CN(C(=O)c3cc(C4CC4)on3)CCO2)nc2ccccc12. The second-order valence-corrected chi connectivity index (χ2v) is 8.09. The maximum absolute atomic E-state index is 13.0. The van der Waals surface area contributed by atoms with Crippen LogP contribution < -0.4 is 5.32 Å². The highest BCUT2D eigenvalue weighted by molar-refractivity contribution is 6.06. The van der Waals surface area contributed by atoms with Gasteiger partial charge in [-0.1, -0.05) is 23.4 Å². The molecular weight excluding hydrogens is 412 g/mol. The summed E-state index contributed by atoms with van der Waals surface area (Å²) in [5, 5.41) is 16.4. The van der Waals surface area contributed by atoms with Crippen molar-refractivity contribution >= 4 is 22.7 Å². The van der Waals surface area contributed by atoms with Crippen molar-refractivity contribution in [2.45, 2.75) is 24.9 Å². The van der Waals surface area contributed by atoms with Gasteiger partial charge >= 0.3 is 0 Å². The van der Waals surface area contributed by atoms with Gasteiger partial charge in [0.05, 0.1) is 36.5 Å². The number of carbonyl (C=O) groups excluding carboxylic acids is 2. The third kappa shape index (κ3) is 4.09. The second-order valence-electron chi connectivity index (χ2n) is 8.09. The molecule has 1 saturated heterocycles. The molecule has 1 atom stereocenters. The molecule has 2 fully saturated rings. The molecule has 0 bridgehead atoms. The summed E-state index contributed by atoms with van der Waals surface area (Å²) in [6.07, 6.45) is 1.67. The van der Waals surface area contributed by atoms with E-state index in [2.05, 4.69) is 10.5 Å². The van der Waals surface area contributed by atoms with Gasteiger partial charge in [0, 0.05) is 30.5 Å². The van der Waals surface area contributed by atoms with E-state index in [1.54, 1.807) is 17.0 Å². The maximum atomic E-state index is 13.0. The minimum Gasteiger partial charge on any atom is -0.395 e. The summed E-state index contributed by atoms with van der Waals surface area (Å²) in [5.74, 6) is 0.667. The van der Waals surface area contributed by atoms with Gasteiger partial charge in [-0.05, 0) is 25.0 Å². The zero-order valence-electron chi connectivity index (χ0n) is 17.5. The normalized spacial score (nSPS) is 18.7. The van der Waals surface area contributed by atoms with Crippen LogP contribution in [0.25, 0.3) is 10.9 Å². The third-order valence-electron chi connectivity index (χ3n) is 5.79. The van der Waals surface area contributed by atoms with Gasteiger partial charge in [0.15, 0.2) is 5.69 Å². The fraction of sp³-hybridized carbons (Fsp3) is 0.391. The minimum atomic E-state index is -0.475. The predicted molar refractivity (Wildman–Crippen MR) is 114 cm³/mol. The van der Waals surface area contributed by atoms with Crippen molar-refractivity contribution in [1.29, 1.82) is 0 Å². The van der Waals surface area contributed by atoms with E-state index in [9.17, 15) is 9.59 Å². The van der Waals surface area contributed by atoms with E-state index in [0.717, 1.165) is 18.6 Å². The molecular formula is C23H24N4O5. The fourth-order valence-corrected chi connectivity index (χ4v) is 3.94. The molecule has 1 aromatic carbocycles. The molecule has 1 saturated carbocycles. The van der Waals surface area contributed by atoms with Crippen LogP contribution in [0.4, 0.5) is 0 Å². The van der Waals surface area contributed by atoms with Crippen molar-refractivity contribution in [3.05, 3.63) is 59.1 Å². The highest BCUT2D eigenvalue weighted by Gasteiger charge is 2.32. The molecule has 1 aliphatic carbocycles. The number of aliphatic hydroxyl groups is 1. The van der Waals surface area contributed by atoms with Crippen LogP contribution in [-0.4, -0.2) is 64.8 Å². The number of fused-ring (bicyclic) bond motifs is 1. The number of carbonyl (C=O) groups is 2. The summed E-state index contributed by atoms with van der Waals surface area (Å²) < 4.78 is 11.3. The number of para-hydroxylation sites is 1. The summed E-state index contributed by atoms with van der Waals surface area (Å²) in [4.78, 5) is 32.1. The summed E-state index contributed by atoms with van der Waals surface area (Å²) in [6.45, 7) is 1.11. The minimum absolute atomic E-state index is 0.144. The summed E-state index contributed by atoms with van der Waals surface area (Å²) >= 11 is 0. The molecule has 32 heavy (non-hydrogen) atoms. The molecule has 0 unspecified atom stereocenters. The topological polar surface area (TPSA) is 118 Å². The first-order valence-electron chi connectivity index (χ1n) is 10.8. The number of hydrogen-bond donors (Lipinski definition) is 2. The molecule has 3 aromatic rings. The first-order valence-corrected chi connectivity index (χ1v) is 10.8. The molecule has 1 aliphatic heterocycles. The lowest BCUT2D eigenvalue weighted by atomic mass is 10.0. The number of aliphatic hydroxyl groups excluding tert-OH is 1. The van der Waals surface area contributed by atoms with E-state index in [4.69, 9.17) is 19.4 Å². The number of hydrogen-bond acceptors (Lipinski definition) is 7. The van der Waals surface area contributed by atoms with Gasteiger partial charge in [-0.3, -0.25) is 9.59 Å². The molecule has 2 aromatic heterocycles. The van der Waals surface area contributed by atoms with Gasteiger partial charge in [-0.15, -0.1) is 0 Å². The number of nitrogens with one attached hydrogen (secondary N) is 1. The Bertz CT molecular complexity index is 1160. The monoisotopic (exact) mass is 436 g/mol. The smallest absolute Gasteiger partial charge is 0.276 e. The Hall–Kier alpha value is -3.30. The lowest BCUT2D eigenvalue weighted by molar-refractivity contribution is -0.0249. The van der Waals surface area contributed by atoms with Crippen LogP contribution in [0.3, 0.4) is 0 Å². The first-order chi connectivity index (χ1) is 15.6. The number of benzene rings is 1. The largest absolute Gasteiger partial charge is 0.395 e. The van der Waals surface area contributed by atoms with Gasteiger partial charge in [0.25, 0.3) is 11.8 Å². The molecule has 2 amide bonds. The molecule has 2 N–H and O–H groups in total. The molecule has 0 radical (unpaired) electrons.